The molecule has 0 spiro atoms. The van der Waals surface area contributed by atoms with Crippen molar-refractivity contribution < 1.29 is 4.92 Å². The van der Waals surface area contributed by atoms with E-state index in [9.17, 15) is 19.7 Å². The van der Waals surface area contributed by atoms with Gasteiger partial charge < -0.3 is 0 Å². The van der Waals surface area contributed by atoms with Crippen molar-refractivity contribution >= 4 is 17.3 Å². The smallest absolute Gasteiger partial charge is 0.288 e. The minimum Gasteiger partial charge on any atom is -0.288 e. The highest BCUT2D eigenvalue weighted by Gasteiger charge is 2.15. The lowest BCUT2D eigenvalue weighted by atomic mass is 10.3. The van der Waals surface area contributed by atoms with E-state index >= 15 is 0 Å². The lowest BCUT2D eigenvalue weighted by Gasteiger charge is -2.04. The summed E-state index contributed by atoms with van der Waals surface area (Å²) in [7, 11) is 0. The van der Waals surface area contributed by atoms with Crippen molar-refractivity contribution in [3.05, 3.63) is 66.2 Å². The van der Waals surface area contributed by atoms with Crippen molar-refractivity contribution in [3.63, 3.8) is 0 Å². The van der Waals surface area contributed by atoms with Crippen LogP contribution in [0, 0.1) is 10.1 Å². The standard InChI is InChI=1S/C10H7ClN4O4/c11-8-3-1-2-6(12-8)4-14-5-7(15(18)19)9(16)13-10(14)17/h1-3,5H,4H2,(H,13,16,17). The molecule has 0 saturated carbocycles. The second-order valence-corrected chi connectivity index (χ2v) is 4.00. The van der Waals surface area contributed by atoms with E-state index < -0.39 is 21.9 Å². The number of nitrogens with zero attached hydrogens (tertiary/aromatic N) is 3. The molecule has 0 aliphatic rings. The highest BCUT2D eigenvalue weighted by atomic mass is 35.5. The third-order valence-electron chi connectivity index (χ3n) is 2.29. The number of rotatable bonds is 3. The van der Waals surface area contributed by atoms with Crippen LogP contribution in [0.25, 0.3) is 0 Å². The zero-order chi connectivity index (χ0) is 14.0. The Balaban J connectivity index is 2.46. The fourth-order valence-electron chi connectivity index (χ4n) is 1.46. The minimum atomic E-state index is -1.04. The monoisotopic (exact) mass is 282 g/mol. The van der Waals surface area contributed by atoms with Crippen LogP contribution >= 0.6 is 11.6 Å². The molecule has 0 bridgehead atoms. The van der Waals surface area contributed by atoms with E-state index in [1.165, 1.54) is 0 Å². The molecule has 2 heterocycles. The summed E-state index contributed by atoms with van der Waals surface area (Å²) in [5.41, 5.74) is -2.06. The van der Waals surface area contributed by atoms with Gasteiger partial charge in [-0.05, 0) is 12.1 Å². The number of aromatic nitrogens is 3. The van der Waals surface area contributed by atoms with Crippen molar-refractivity contribution in [2.24, 2.45) is 0 Å². The molecule has 2 aromatic rings. The lowest BCUT2D eigenvalue weighted by molar-refractivity contribution is -0.386. The fraction of sp³-hybridized carbons (Fsp3) is 0.100. The second kappa shape index (κ2) is 5.02. The zero-order valence-electron chi connectivity index (χ0n) is 9.37. The van der Waals surface area contributed by atoms with Gasteiger partial charge in [-0.3, -0.25) is 24.5 Å². The van der Waals surface area contributed by atoms with Crippen LogP contribution in [0.15, 0.2) is 34.0 Å². The molecule has 19 heavy (non-hydrogen) atoms. The topological polar surface area (TPSA) is 111 Å². The minimum absolute atomic E-state index is 0.0307. The Hall–Kier alpha value is -2.48. The molecule has 8 nitrogen and oxygen atoms in total. The normalized spacial score (nSPS) is 10.4. The fourth-order valence-corrected chi connectivity index (χ4v) is 1.64. The third-order valence-corrected chi connectivity index (χ3v) is 2.50. The largest absolute Gasteiger partial charge is 0.350 e. The molecule has 0 aliphatic carbocycles. The van der Waals surface area contributed by atoms with Crippen molar-refractivity contribution in [2.45, 2.75) is 6.54 Å². The van der Waals surface area contributed by atoms with Crippen LogP contribution in [-0.2, 0) is 6.54 Å². The number of H-pyrrole nitrogens is 1. The number of pyridine rings is 1. The van der Waals surface area contributed by atoms with E-state index in [0.717, 1.165) is 10.8 Å². The first-order valence-electron chi connectivity index (χ1n) is 5.07. The van der Waals surface area contributed by atoms with Gasteiger partial charge in [0.05, 0.1) is 23.4 Å². The van der Waals surface area contributed by atoms with Gasteiger partial charge in [0.25, 0.3) is 0 Å². The van der Waals surface area contributed by atoms with E-state index in [-0.39, 0.29) is 11.7 Å². The second-order valence-electron chi connectivity index (χ2n) is 3.61. The number of hydrogen-bond acceptors (Lipinski definition) is 5. The lowest BCUT2D eigenvalue weighted by Crippen LogP contribution is -2.31. The number of nitrogens with one attached hydrogen (secondary N) is 1. The highest BCUT2D eigenvalue weighted by molar-refractivity contribution is 6.29. The quantitative estimate of drug-likeness (QED) is 0.502. The Morgan fingerprint density at radius 1 is 1.42 bits per heavy atom. The van der Waals surface area contributed by atoms with E-state index in [4.69, 9.17) is 11.6 Å². The molecule has 0 unspecified atom stereocenters. The summed E-state index contributed by atoms with van der Waals surface area (Å²) in [4.78, 5) is 38.3. The number of hydrogen-bond donors (Lipinski definition) is 1. The van der Waals surface area contributed by atoms with Crippen molar-refractivity contribution in [2.75, 3.05) is 0 Å². The van der Waals surface area contributed by atoms with Crippen LogP contribution in [0.3, 0.4) is 0 Å². The summed E-state index contributed by atoms with van der Waals surface area (Å²) in [6, 6.07) is 4.80. The Morgan fingerprint density at radius 3 is 2.79 bits per heavy atom. The Bertz CT molecular complexity index is 752. The molecule has 0 amide bonds. The molecule has 0 saturated heterocycles. The predicted octanol–water partition coefficient (Wildman–Crippen LogP) is 0.541. The summed E-state index contributed by atoms with van der Waals surface area (Å²) in [6.07, 6.45) is 0.879. The zero-order valence-corrected chi connectivity index (χ0v) is 10.1. The highest BCUT2D eigenvalue weighted by Crippen LogP contribution is 2.06. The van der Waals surface area contributed by atoms with Gasteiger partial charge in [0.2, 0.25) is 0 Å². The number of nitro groups is 1. The molecule has 0 aromatic carbocycles. The Kier molecular flexibility index (Phi) is 3.43. The summed E-state index contributed by atoms with van der Waals surface area (Å²) in [6.45, 7) is -0.0307. The molecule has 0 radical (unpaired) electrons. The molecule has 1 N–H and O–H groups in total. The van der Waals surface area contributed by atoms with E-state index in [0.29, 0.717) is 5.69 Å². The van der Waals surface area contributed by atoms with Crippen LogP contribution in [0.1, 0.15) is 5.69 Å². The number of aromatic amines is 1. The summed E-state index contributed by atoms with van der Waals surface area (Å²) >= 11 is 5.69. The first-order valence-corrected chi connectivity index (χ1v) is 5.45. The van der Waals surface area contributed by atoms with Gasteiger partial charge in [-0.2, -0.15) is 0 Å². The average Bonchev–Trinajstić information content (AvgIpc) is 2.32. The third kappa shape index (κ3) is 2.86. The molecule has 2 aromatic heterocycles. The van der Waals surface area contributed by atoms with E-state index in [2.05, 4.69) is 4.98 Å². The van der Waals surface area contributed by atoms with Crippen LogP contribution in [0.5, 0.6) is 0 Å². The number of halogens is 1. The maximum atomic E-state index is 11.5. The van der Waals surface area contributed by atoms with Gasteiger partial charge in [0.1, 0.15) is 5.15 Å². The predicted molar refractivity (Wildman–Crippen MR) is 66.3 cm³/mol. The molecule has 98 valence electrons. The van der Waals surface area contributed by atoms with Gasteiger partial charge in [-0.1, -0.05) is 17.7 Å². The Labute approximate surface area is 110 Å². The first-order chi connectivity index (χ1) is 8.97. The van der Waals surface area contributed by atoms with Crippen molar-refractivity contribution in [3.8, 4) is 0 Å². The van der Waals surface area contributed by atoms with E-state index in [1.807, 2.05) is 4.98 Å². The molecule has 2 rings (SSSR count). The van der Waals surface area contributed by atoms with E-state index in [1.54, 1.807) is 18.2 Å². The molecular formula is C10H7ClN4O4. The van der Waals surface area contributed by atoms with Crippen molar-refractivity contribution in [1.29, 1.82) is 0 Å². The first kappa shape index (κ1) is 13.0. The maximum Gasteiger partial charge on any atom is 0.350 e. The molecule has 0 fully saturated rings. The van der Waals surface area contributed by atoms with Crippen LogP contribution in [0.2, 0.25) is 5.15 Å². The van der Waals surface area contributed by atoms with Crippen LogP contribution in [-0.4, -0.2) is 19.5 Å². The average molecular weight is 283 g/mol. The summed E-state index contributed by atoms with van der Waals surface area (Å²) in [5, 5.41) is 10.9. The van der Waals surface area contributed by atoms with Gasteiger partial charge >= 0.3 is 16.9 Å². The molecule has 0 aliphatic heterocycles. The van der Waals surface area contributed by atoms with Crippen molar-refractivity contribution in [1.82, 2.24) is 14.5 Å². The maximum absolute atomic E-state index is 11.5. The Morgan fingerprint density at radius 2 is 2.16 bits per heavy atom. The van der Waals surface area contributed by atoms with Gasteiger partial charge in [0.15, 0.2) is 0 Å². The van der Waals surface area contributed by atoms with Crippen LogP contribution < -0.4 is 11.2 Å². The van der Waals surface area contributed by atoms with Gasteiger partial charge in [0, 0.05) is 0 Å². The van der Waals surface area contributed by atoms with Gasteiger partial charge in [-0.25, -0.2) is 9.78 Å². The molecule has 0 atom stereocenters. The summed E-state index contributed by atoms with van der Waals surface area (Å²) < 4.78 is 0.984. The molecular weight excluding hydrogens is 276 g/mol. The van der Waals surface area contributed by atoms with Crippen LogP contribution in [0.4, 0.5) is 5.69 Å². The van der Waals surface area contributed by atoms with Gasteiger partial charge in [-0.15, -0.1) is 0 Å². The SMILES string of the molecule is O=c1[nH]c(=O)n(Cc2cccc(Cl)n2)cc1[N+](=O)[O-]. The summed E-state index contributed by atoms with van der Waals surface area (Å²) in [5.74, 6) is 0. The molecule has 9 heteroatoms.